The van der Waals surface area contributed by atoms with Gasteiger partial charge in [-0.05, 0) is 42.9 Å². The van der Waals surface area contributed by atoms with E-state index in [1.165, 1.54) is 31.2 Å². The van der Waals surface area contributed by atoms with E-state index >= 15 is 0 Å². The molecule has 1 N–H and O–H groups in total. The third-order valence-corrected chi connectivity index (χ3v) is 4.42. The molecule has 0 saturated heterocycles. The minimum absolute atomic E-state index is 0.439. The van der Waals surface area contributed by atoms with Crippen LogP contribution in [-0.2, 0) is 0 Å². The summed E-state index contributed by atoms with van der Waals surface area (Å²) < 4.78 is 0. The Labute approximate surface area is 116 Å². The van der Waals surface area contributed by atoms with Crippen molar-refractivity contribution in [2.75, 3.05) is 0 Å². The monoisotopic (exact) mass is 265 g/mol. The standard InChI is InChI=1S/C16H24ClN/c1-3-15(13-8-6-9-14(17)11-13)18-16-10-5-4-7-12(16)2/h6,8-9,11-12,15-16,18H,3-5,7,10H2,1-2H3. The van der Waals surface area contributed by atoms with Crippen LogP contribution < -0.4 is 5.32 Å². The smallest absolute Gasteiger partial charge is 0.0409 e. The summed E-state index contributed by atoms with van der Waals surface area (Å²) in [5, 5.41) is 4.68. The van der Waals surface area contributed by atoms with Gasteiger partial charge in [0.25, 0.3) is 0 Å². The maximum absolute atomic E-state index is 6.09. The lowest BCUT2D eigenvalue weighted by Crippen LogP contribution is -2.39. The van der Waals surface area contributed by atoms with E-state index in [2.05, 4.69) is 31.3 Å². The molecule has 0 spiro atoms. The fourth-order valence-electron chi connectivity index (χ4n) is 3.00. The summed E-state index contributed by atoms with van der Waals surface area (Å²) >= 11 is 6.09. The molecule has 0 radical (unpaired) electrons. The van der Waals surface area contributed by atoms with E-state index in [1.54, 1.807) is 0 Å². The second-order valence-corrected chi connectivity index (χ2v) is 5.99. The van der Waals surface area contributed by atoms with Crippen molar-refractivity contribution in [2.45, 2.75) is 58.0 Å². The first-order valence-electron chi connectivity index (χ1n) is 7.22. The van der Waals surface area contributed by atoms with Crippen LogP contribution >= 0.6 is 11.6 Å². The van der Waals surface area contributed by atoms with Crippen molar-refractivity contribution >= 4 is 11.6 Å². The number of halogens is 1. The van der Waals surface area contributed by atoms with Gasteiger partial charge in [-0.2, -0.15) is 0 Å². The Balaban J connectivity index is 2.04. The average molecular weight is 266 g/mol. The summed E-state index contributed by atoms with van der Waals surface area (Å²) in [5.41, 5.74) is 1.32. The Morgan fingerprint density at radius 1 is 1.33 bits per heavy atom. The zero-order chi connectivity index (χ0) is 13.0. The molecule has 0 heterocycles. The van der Waals surface area contributed by atoms with Crippen molar-refractivity contribution in [1.82, 2.24) is 5.32 Å². The summed E-state index contributed by atoms with van der Waals surface area (Å²) in [5.74, 6) is 0.798. The van der Waals surface area contributed by atoms with Gasteiger partial charge < -0.3 is 5.32 Å². The van der Waals surface area contributed by atoms with Gasteiger partial charge in [-0.1, -0.05) is 50.4 Å². The van der Waals surface area contributed by atoms with Gasteiger partial charge in [0.15, 0.2) is 0 Å². The maximum Gasteiger partial charge on any atom is 0.0409 e. The molecule has 3 atom stereocenters. The molecule has 2 rings (SSSR count). The fourth-order valence-corrected chi connectivity index (χ4v) is 3.19. The summed E-state index contributed by atoms with van der Waals surface area (Å²) in [6, 6.07) is 9.38. The summed E-state index contributed by atoms with van der Waals surface area (Å²) in [6.45, 7) is 4.62. The topological polar surface area (TPSA) is 12.0 Å². The molecule has 100 valence electrons. The maximum atomic E-state index is 6.09. The zero-order valence-corrected chi connectivity index (χ0v) is 12.2. The molecule has 1 nitrogen and oxygen atoms in total. The highest BCUT2D eigenvalue weighted by Crippen LogP contribution is 2.28. The van der Waals surface area contributed by atoms with Crippen molar-refractivity contribution in [3.8, 4) is 0 Å². The highest BCUT2D eigenvalue weighted by Gasteiger charge is 2.23. The van der Waals surface area contributed by atoms with E-state index in [0.29, 0.717) is 12.1 Å². The van der Waals surface area contributed by atoms with Crippen LogP contribution in [0.5, 0.6) is 0 Å². The Morgan fingerprint density at radius 2 is 2.11 bits per heavy atom. The van der Waals surface area contributed by atoms with Gasteiger partial charge in [0, 0.05) is 17.1 Å². The minimum atomic E-state index is 0.439. The Hall–Kier alpha value is -0.530. The predicted molar refractivity (Wildman–Crippen MR) is 79.0 cm³/mol. The van der Waals surface area contributed by atoms with Crippen LogP contribution in [0, 0.1) is 5.92 Å². The van der Waals surface area contributed by atoms with Crippen LogP contribution in [0.1, 0.15) is 57.6 Å². The molecule has 1 aromatic carbocycles. The largest absolute Gasteiger partial charge is 0.307 e. The molecule has 0 aliphatic heterocycles. The Bertz CT molecular complexity index is 377. The molecule has 0 bridgehead atoms. The normalized spacial score (nSPS) is 25.9. The van der Waals surface area contributed by atoms with E-state index in [9.17, 15) is 0 Å². The van der Waals surface area contributed by atoms with Crippen LogP contribution in [0.3, 0.4) is 0 Å². The van der Waals surface area contributed by atoms with E-state index in [4.69, 9.17) is 11.6 Å². The highest BCUT2D eigenvalue weighted by molar-refractivity contribution is 6.30. The van der Waals surface area contributed by atoms with Crippen molar-refractivity contribution in [3.05, 3.63) is 34.9 Å². The molecule has 0 aromatic heterocycles. The summed E-state index contributed by atoms with van der Waals surface area (Å²) in [6.07, 6.45) is 6.56. The first-order valence-corrected chi connectivity index (χ1v) is 7.60. The molecule has 2 heteroatoms. The molecule has 1 fully saturated rings. The molecular weight excluding hydrogens is 242 g/mol. The zero-order valence-electron chi connectivity index (χ0n) is 11.5. The van der Waals surface area contributed by atoms with Gasteiger partial charge in [0.05, 0.1) is 0 Å². The SMILES string of the molecule is CCC(NC1CCCCC1C)c1cccc(Cl)c1. The summed E-state index contributed by atoms with van der Waals surface area (Å²) in [7, 11) is 0. The van der Waals surface area contributed by atoms with Crippen LogP contribution in [0.4, 0.5) is 0 Å². The lowest BCUT2D eigenvalue weighted by atomic mass is 9.85. The van der Waals surface area contributed by atoms with Crippen LogP contribution in [0.25, 0.3) is 0 Å². The number of nitrogens with one attached hydrogen (secondary N) is 1. The highest BCUT2D eigenvalue weighted by atomic mass is 35.5. The predicted octanol–water partition coefficient (Wildman–Crippen LogP) is 4.96. The molecule has 0 amide bonds. The number of hydrogen-bond donors (Lipinski definition) is 1. The van der Waals surface area contributed by atoms with Gasteiger partial charge in [-0.25, -0.2) is 0 Å². The molecule has 1 saturated carbocycles. The summed E-state index contributed by atoms with van der Waals surface area (Å²) in [4.78, 5) is 0. The fraction of sp³-hybridized carbons (Fsp3) is 0.625. The van der Waals surface area contributed by atoms with E-state index < -0.39 is 0 Å². The van der Waals surface area contributed by atoms with Crippen molar-refractivity contribution in [1.29, 1.82) is 0 Å². The van der Waals surface area contributed by atoms with Gasteiger partial charge in [0.2, 0.25) is 0 Å². The first kappa shape index (κ1) is 13.9. The molecule has 18 heavy (non-hydrogen) atoms. The first-order chi connectivity index (χ1) is 8.70. The molecule has 1 aliphatic rings. The molecule has 1 aromatic rings. The Morgan fingerprint density at radius 3 is 2.78 bits per heavy atom. The van der Waals surface area contributed by atoms with Gasteiger partial charge in [-0.3, -0.25) is 0 Å². The van der Waals surface area contributed by atoms with Crippen molar-refractivity contribution in [2.24, 2.45) is 5.92 Å². The van der Waals surface area contributed by atoms with Crippen LogP contribution in [0.2, 0.25) is 5.02 Å². The molecule has 3 unspecified atom stereocenters. The van der Waals surface area contributed by atoms with Crippen molar-refractivity contribution in [3.63, 3.8) is 0 Å². The quantitative estimate of drug-likeness (QED) is 0.811. The lowest BCUT2D eigenvalue weighted by molar-refractivity contribution is 0.256. The average Bonchev–Trinajstić information content (AvgIpc) is 2.38. The number of rotatable bonds is 4. The molecular formula is C16H24ClN. The van der Waals surface area contributed by atoms with Gasteiger partial charge in [-0.15, -0.1) is 0 Å². The third-order valence-electron chi connectivity index (χ3n) is 4.19. The minimum Gasteiger partial charge on any atom is -0.307 e. The Kier molecular flexibility index (Phi) is 5.08. The van der Waals surface area contributed by atoms with E-state index in [-0.39, 0.29) is 0 Å². The third kappa shape index (κ3) is 3.49. The van der Waals surface area contributed by atoms with Gasteiger partial charge in [0.1, 0.15) is 0 Å². The lowest BCUT2D eigenvalue weighted by Gasteiger charge is -2.33. The molecule has 1 aliphatic carbocycles. The number of hydrogen-bond acceptors (Lipinski definition) is 1. The van der Waals surface area contributed by atoms with Crippen LogP contribution in [0.15, 0.2) is 24.3 Å². The second-order valence-electron chi connectivity index (χ2n) is 5.55. The second kappa shape index (κ2) is 6.58. The van der Waals surface area contributed by atoms with E-state index in [0.717, 1.165) is 17.4 Å². The van der Waals surface area contributed by atoms with E-state index in [1.807, 2.05) is 12.1 Å². The van der Waals surface area contributed by atoms with Crippen LogP contribution in [-0.4, -0.2) is 6.04 Å². The number of benzene rings is 1. The van der Waals surface area contributed by atoms with Crippen molar-refractivity contribution < 1.29 is 0 Å². The van der Waals surface area contributed by atoms with Gasteiger partial charge >= 0.3 is 0 Å².